The summed E-state index contributed by atoms with van der Waals surface area (Å²) in [5.41, 5.74) is -0.885. The van der Waals surface area contributed by atoms with Crippen LogP contribution in [0.3, 0.4) is 0 Å². The number of rotatable bonds is 2. The standard InChI is InChI=1S/C17H17F3INO2/c1-16(2,3)24-15(23)22-14(17(18,19)20)11-8-4-6-10-7-5-9-12(21)13(10)11/h4-9,14H,1-3H3,(H,22,23)/t14-/m0/s1. The molecule has 1 atom stereocenters. The zero-order valence-electron chi connectivity index (χ0n) is 13.4. The molecule has 7 heteroatoms. The highest BCUT2D eigenvalue weighted by Gasteiger charge is 2.43. The number of hydrogen-bond donors (Lipinski definition) is 1. The van der Waals surface area contributed by atoms with Gasteiger partial charge in [0, 0.05) is 8.96 Å². The molecule has 0 spiro atoms. The molecule has 0 aliphatic rings. The summed E-state index contributed by atoms with van der Waals surface area (Å²) < 4.78 is 46.4. The first kappa shape index (κ1) is 18.8. The monoisotopic (exact) mass is 451 g/mol. The number of carbonyl (C=O) groups excluding carboxylic acids is 1. The van der Waals surface area contributed by atoms with Gasteiger partial charge in [0.1, 0.15) is 5.60 Å². The van der Waals surface area contributed by atoms with Crippen LogP contribution in [-0.4, -0.2) is 17.9 Å². The molecular weight excluding hydrogens is 434 g/mol. The number of fused-ring (bicyclic) bond motifs is 1. The Hall–Kier alpha value is -1.51. The molecule has 0 fully saturated rings. The molecule has 0 bridgehead atoms. The third kappa shape index (κ3) is 4.52. The maximum atomic E-state index is 13.6. The van der Waals surface area contributed by atoms with Crippen LogP contribution in [0.2, 0.25) is 0 Å². The third-order valence-electron chi connectivity index (χ3n) is 3.19. The molecule has 0 aliphatic heterocycles. The van der Waals surface area contributed by atoms with E-state index in [9.17, 15) is 18.0 Å². The average molecular weight is 451 g/mol. The molecule has 0 heterocycles. The fraction of sp³-hybridized carbons (Fsp3) is 0.353. The summed E-state index contributed by atoms with van der Waals surface area (Å²) in [6.07, 6.45) is -5.75. The van der Waals surface area contributed by atoms with E-state index in [0.717, 1.165) is 0 Å². The van der Waals surface area contributed by atoms with E-state index < -0.39 is 23.9 Å². The number of benzene rings is 2. The van der Waals surface area contributed by atoms with Gasteiger partial charge in [0.2, 0.25) is 0 Å². The van der Waals surface area contributed by atoms with Crippen molar-refractivity contribution in [3.8, 4) is 0 Å². The van der Waals surface area contributed by atoms with E-state index in [0.29, 0.717) is 14.3 Å². The number of carbonyl (C=O) groups is 1. The molecule has 1 amide bonds. The van der Waals surface area contributed by atoms with Crippen molar-refractivity contribution in [3.63, 3.8) is 0 Å². The number of alkyl carbamates (subject to hydrolysis) is 1. The second-order valence-electron chi connectivity index (χ2n) is 6.31. The van der Waals surface area contributed by atoms with Gasteiger partial charge in [-0.1, -0.05) is 30.3 Å². The lowest BCUT2D eigenvalue weighted by Crippen LogP contribution is -2.41. The Labute approximate surface area is 151 Å². The molecule has 130 valence electrons. The van der Waals surface area contributed by atoms with Crippen LogP contribution in [0.4, 0.5) is 18.0 Å². The first-order valence-electron chi connectivity index (χ1n) is 7.22. The van der Waals surface area contributed by atoms with Gasteiger partial charge < -0.3 is 10.1 Å². The zero-order chi connectivity index (χ0) is 18.1. The van der Waals surface area contributed by atoms with E-state index in [2.05, 4.69) is 0 Å². The Morgan fingerprint density at radius 2 is 1.71 bits per heavy atom. The van der Waals surface area contributed by atoms with E-state index in [1.165, 1.54) is 6.07 Å². The van der Waals surface area contributed by atoms with Crippen molar-refractivity contribution in [1.82, 2.24) is 5.32 Å². The second kappa shape index (κ2) is 6.78. The first-order valence-corrected chi connectivity index (χ1v) is 8.30. The highest BCUT2D eigenvalue weighted by molar-refractivity contribution is 14.1. The van der Waals surface area contributed by atoms with Crippen LogP contribution in [0.1, 0.15) is 32.4 Å². The second-order valence-corrected chi connectivity index (χ2v) is 7.47. The highest BCUT2D eigenvalue weighted by atomic mass is 127. The fourth-order valence-corrected chi connectivity index (χ4v) is 3.16. The van der Waals surface area contributed by atoms with E-state index in [-0.39, 0.29) is 5.56 Å². The van der Waals surface area contributed by atoms with Gasteiger partial charge in [-0.15, -0.1) is 0 Å². The number of ether oxygens (including phenoxy) is 1. The van der Waals surface area contributed by atoms with Gasteiger partial charge in [-0.05, 0) is 60.4 Å². The van der Waals surface area contributed by atoms with Crippen LogP contribution in [0.25, 0.3) is 10.8 Å². The summed E-state index contributed by atoms with van der Waals surface area (Å²) in [6.45, 7) is 4.78. The zero-order valence-corrected chi connectivity index (χ0v) is 15.5. The SMILES string of the molecule is CC(C)(C)OC(=O)N[C@@H](c1cccc2cccc(I)c12)C(F)(F)F. The van der Waals surface area contributed by atoms with Crippen molar-refractivity contribution in [2.45, 2.75) is 38.6 Å². The summed E-state index contributed by atoms with van der Waals surface area (Å²) in [5.74, 6) is 0. The number of amides is 1. The van der Waals surface area contributed by atoms with Gasteiger partial charge in [0.25, 0.3) is 0 Å². The first-order chi connectivity index (χ1) is 11.0. The maximum Gasteiger partial charge on any atom is 0.413 e. The van der Waals surface area contributed by atoms with Crippen molar-refractivity contribution in [2.75, 3.05) is 0 Å². The van der Waals surface area contributed by atoms with Gasteiger partial charge in [-0.25, -0.2) is 4.79 Å². The molecule has 2 rings (SSSR count). The largest absolute Gasteiger partial charge is 0.444 e. The molecule has 0 saturated carbocycles. The van der Waals surface area contributed by atoms with E-state index >= 15 is 0 Å². The Kier molecular flexibility index (Phi) is 5.31. The van der Waals surface area contributed by atoms with Gasteiger partial charge in [-0.3, -0.25) is 0 Å². The van der Waals surface area contributed by atoms with Crippen LogP contribution in [0.15, 0.2) is 36.4 Å². The molecule has 0 aliphatic carbocycles. The summed E-state index contributed by atoms with van der Waals surface area (Å²) in [7, 11) is 0. The number of halogens is 4. The van der Waals surface area contributed by atoms with Gasteiger partial charge in [0.05, 0.1) is 0 Å². The summed E-state index contributed by atoms with van der Waals surface area (Å²) in [4.78, 5) is 11.9. The molecule has 0 radical (unpaired) electrons. The Balaban J connectivity index is 2.49. The molecule has 0 saturated heterocycles. The topological polar surface area (TPSA) is 38.3 Å². The van der Waals surface area contributed by atoms with Crippen LogP contribution in [0.5, 0.6) is 0 Å². The smallest absolute Gasteiger partial charge is 0.413 e. The van der Waals surface area contributed by atoms with Crippen LogP contribution >= 0.6 is 22.6 Å². The van der Waals surface area contributed by atoms with Crippen molar-refractivity contribution in [3.05, 3.63) is 45.5 Å². The molecular formula is C17H17F3INO2. The third-order valence-corrected chi connectivity index (χ3v) is 4.08. The Bertz CT molecular complexity index is 748. The van der Waals surface area contributed by atoms with E-state index in [1.54, 1.807) is 51.1 Å². The van der Waals surface area contributed by atoms with Gasteiger partial charge in [0.15, 0.2) is 6.04 Å². The van der Waals surface area contributed by atoms with E-state index in [4.69, 9.17) is 4.74 Å². The predicted molar refractivity (Wildman–Crippen MR) is 94.8 cm³/mol. The normalized spacial score (nSPS) is 13.6. The summed E-state index contributed by atoms with van der Waals surface area (Å²) in [6, 6.07) is 7.75. The minimum atomic E-state index is -4.65. The lowest BCUT2D eigenvalue weighted by molar-refractivity contribution is -0.156. The van der Waals surface area contributed by atoms with Gasteiger partial charge in [-0.2, -0.15) is 13.2 Å². The number of alkyl halides is 3. The lowest BCUT2D eigenvalue weighted by Gasteiger charge is -2.26. The van der Waals surface area contributed by atoms with E-state index in [1.807, 2.05) is 27.9 Å². The summed E-state index contributed by atoms with van der Waals surface area (Å²) in [5, 5.41) is 3.11. The Morgan fingerprint density at radius 1 is 1.12 bits per heavy atom. The minimum Gasteiger partial charge on any atom is -0.444 e. The lowest BCUT2D eigenvalue weighted by atomic mass is 9.98. The average Bonchev–Trinajstić information content (AvgIpc) is 2.41. The highest BCUT2D eigenvalue weighted by Crippen LogP contribution is 2.38. The molecule has 2 aromatic carbocycles. The van der Waals surface area contributed by atoms with Crippen molar-refractivity contribution in [1.29, 1.82) is 0 Å². The van der Waals surface area contributed by atoms with Gasteiger partial charge >= 0.3 is 12.3 Å². The number of hydrogen-bond acceptors (Lipinski definition) is 2. The maximum absolute atomic E-state index is 13.6. The van der Waals surface area contributed by atoms with Crippen LogP contribution in [0, 0.1) is 3.57 Å². The molecule has 1 N–H and O–H groups in total. The predicted octanol–water partition coefficient (Wildman–Crippen LogP) is 5.57. The minimum absolute atomic E-state index is 0.00383. The Morgan fingerprint density at radius 3 is 2.25 bits per heavy atom. The van der Waals surface area contributed by atoms with Crippen molar-refractivity contribution < 1.29 is 22.7 Å². The van der Waals surface area contributed by atoms with Crippen LogP contribution < -0.4 is 5.32 Å². The quantitative estimate of drug-likeness (QED) is 0.607. The van der Waals surface area contributed by atoms with Crippen molar-refractivity contribution >= 4 is 39.5 Å². The number of nitrogens with one attached hydrogen (secondary N) is 1. The van der Waals surface area contributed by atoms with Crippen LogP contribution in [-0.2, 0) is 4.74 Å². The fourth-order valence-electron chi connectivity index (χ4n) is 2.32. The summed E-state index contributed by atoms with van der Waals surface area (Å²) >= 11 is 1.99. The molecule has 24 heavy (non-hydrogen) atoms. The molecule has 3 nitrogen and oxygen atoms in total. The molecule has 0 aromatic heterocycles. The molecule has 0 unspecified atom stereocenters. The molecule has 2 aromatic rings. The van der Waals surface area contributed by atoms with Crippen molar-refractivity contribution in [2.24, 2.45) is 0 Å².